The molecule has 1 atom stereocenters. The Morgan fingerprint density at radius 2 is 1.73 bits per heavy atom. The summed E-state index contributed by atoms with van der Waals surface area (Å²) in [5.41, 5.74) is 4.48. The average molecular weight is 501 g/mol. The van der Waals surface area contributed by atoms with E-state index in [0.717, 1.165) is 16.7 Å². The molecule has 4 aromatic rings. The van der Waals surface area contributed by atoms with Gasteiger partial charge in [0, 0.05) is 37.3 Å². The molecule has 3 heterocycles. The number of H-pyrrole nitrogens is 1. The Morgan fingerprint density at radius 1 is 1.03 bits per heavy atom. The van der Waals surface area contributed by atoms with Gasteiger partial charge in [0.2, 0.25) is 0 Å². The topological polar surface area (TPSA) is 107 Å². The van der Waals surface area contributed by atoms with Gasteiger partial charge in [-0.25, -0.2) is 14.8 Å². The van der Waals surface area contributed by atoms with E-state index in [2.05, 4.69) is 29.9 Å². The molecule has 1 unspecified atom stereocenters. The molecule has 0 spiro atoms. The number of hydrogen-bond donors (Lipinski definition) is 2. The Kier molecular flexibility index (Phi) is 6.90. The predicted molar refractivity (Wildman–Crippen MR) is 142 cm³/mol. The van der Waals surface area contributed by atoms with E-state index in [1.165, 1.54) is 0 Å². The normalized spacial score (nSPS) is 15.4. The molecule has 5 rings (SSSR count). The van der Waals surface area contributed by atoms with Crippen LogP contribution in [-0.2, 0) is 6.54 Å². The van der Waals surface area contributed by atoms with Gasteiger partial charge in [0.1, 0.15) is 11.7 Å². The lowest BCUT2D eigenvalue weighted by Crippen LogP contribution is -2.51. The zero-order valence-electron chi connectivity index (χ0n) is 21.4. The molecule has 0 aliphatic carbocycles. The smallest absolute Gasteiger partial charge is 0.328 e. The van der Waals surface area contributed by atoms with Crippen LogP contribution < -0.4 is 5.69 Å². The van der Waals surface area contributed by atoms with Crippen LogP contribution in [0.25, 0.3) is 22.6 Å². The minimum Gasteiger partial charge on any atom is -0.379 e. The molecular weight excluding hydrogens is 468 g/mol. The van der Waals surface area contributed by atoms with Gasteiger partial charge in [-0.15, -0.1) is 0 Å². The maximum atomic E-state index is 12.9. The minimum absolute atomic E-state index is 0.0257. The van der Waals surface area contributed by atoms with Gasteiger partial charge in [0.25, 0.3) is 5.91 Å². The Bertz CT molecular complexity index is 1460. The SMILES string of the molecule is CC(C)c1ccccc1-c1ncc2[nH]c(=O)n(Cc3ccc(C(=O)N4CCN(C(C)O)CC4)cc3)c2n1. The summed E-state index contributed by atoms with van der Waals surface area (Å²) < 4.78 is 1.60. The van der Waals surface area contributed by atoms with Crippen LogP contribution in [0.3, 0.4) is 0 Å². The lowest BCUT2D eigenvalue weighted by atomic mass is 9.97. The summed E-state index contributed by atoms with van der Waals surface area (Å²) in [5, 5.41) is 9.74. The molecule has 37 heavy (non-hydrogen) atoms. The molecule has 0 bridgehead atoms. The molecule has 192 valence electrons. The standard InChI is InChI=1S/C28H32N6O3/c1-18(2)22-6-4-5-7-23(22)25-29-16-24-26(31-25)34(28(37)30-24)17-20-8-10-21(11-9-20)27(36)33-14-12-32(13-15-33)19(3)35/h4-11,16,18-19,35H,12-15,17H2,1-3H3,(H,30,37). The van der Waals surface area contributed by atoms with Crippen molar-refractivity contribution in [2.24, 2.45) is 0 Å². The quantitative estimate of drug-likeness (QED) is 0.421. The van der Waals surface area contributed by atoms with Crippen LogP contribution in [0.2, 0.25) is 0 Å². The molecule has 1 aliphatic heterocycles. The highest BCUT2D eigenvalue weighted by molar-refractivity contribution is 5.94. The number of nitrogens with one attached hydrogen (secondary N) is 1. The molecule has 2 aromatic heterocycles. The monoisotopic (exact) mass is 500 g/mol. The van der Waals surface area contributed by atoms with Crippen LogP contribution >= 0.6 is 0 Å². The van der Waals surface area contributed by atoms with E-state index in [0.29, 0.717) is 61.2 Å². The third-order valence-corrected chi connectivity index (χ3v) is 7.01. The van der Waals surface area contributed by atoms with Crippen molar-refractivity contribution in [3.63, 3.8) is 0 Å². The molecule has 1 aliphatic rings. The Hall–Kier alpha value is -3.82. The summed E-state index contributed by atoms with van der Waals surface area (Å²) in [6.45, 7) is 8.79. The number of imidazole rings is 1. The number of amides is 1. The lowest BCUT2D eigenvalue weighted by molar-refractivity contribution is -0.0102. The van der Waals surface area contributed by atoms with Crippen molar-refractivity contribution in [3.05, 3.63) is 81.9 Å². The first-order chi connectivity index (χ1) is 17.8. The second-order valence-electron chi connectivity index (χ2n) is 9.85. The Balaban J connectivity index is 1.37. The Labute approximate surface area is 215 Å². The van der Waals surface area contributed by atoms with Gasteiger partial charge < -0.3 is 15.0 Å². The molecular formula is C28H32N6O3. The largest absolute Gasteiger partial charge is 0.379 e. The van der Waals surface area contributed by atoms with Crippen molar-refractivity contribution < 1.29 is 9.90 Å². The molecule has 9 heteroatoms. The van der Waals surface area contributed by atoms with Crippen LogP contribution in [0.4, 0.5) is 0 Å². The summed E-state index contributed by atoms with van der Waals surface area (Å²) in [6, 6.07) is 15.4. The van der Waals surface area contributed by atoms with Crippen molar-refractivity contribution in [2.75, 3.05) is 26.2 Å². The van der Waals surface area contributed by atoms with Gasteiger partial charge in [-0.1, -0.05) is 50.2 Å². The maximum absolute atomic E-state index is 12.9. The van der Waals surface area contributed by atoms with E-state index in [1.807, 2.05) is 40.1 Å². The van der Waals surface area contributed by atoms with E-state index in [1.54, 1.807) is 29.8 Å². The number of piperazine rings is 1. The number of hydrogen-bond acceptors (Lipinski definition) is 6. The third kappa shape index (κ3) is 5.05. The zero-order valence-corrected chi connectivity index (χ0v) is 21.4. The number of aromatic amines is 1. The van der Waals surface area contributed by atoms with E-state index in [4.69, 9.17) is 4.98 Å². The van der Waals surface area contributed by atoms with Crippen molar-refractivity contribution in [1.29, 1.82) is 0 Å². The maximum Gasteiger partial charge on any atom is 0.328 e. The van der Waals surface area contributed by atoms with Crippen LogP contribution in [0.15, 0.2) is 59.5 Å². The molecule has 1 saturated heterocycles. The molecule has 2 N–H and O–H groups in total. The van der Waals surface area contributed by atoms with Gasteiger partial charge >= 0.3 is 5.69 Å². The van der Waals surface area contributed by atoms with Crippen LogP contribution in [-0.4, -0.2) is 72.7 Å². The zero-order chi connectivity index (χ0) is 26.1. The third-order valence-electron chi connectivity index (χ3n) is 7.01. The number of carbonyl (C=O) groups is 1. The first-order valence-corrected chi connectivity index (χ1v) is 12.7. The first-order valence-electron chi connectivity index (χ1n) is 12.7. The number of fused-ring (bicyclic) bond motifs is 1. The van der Waals surface area contributed by atoms with Gasteiger partial charge in [0.15, 0.2) is 11.5 Å². The predicted octanol–water partition coefficient (Wildman–Crippen LogP) is 3.05. The molecule has 9 nitrogen and oxygen atoms in total. The van der Waals surface area contributed by atoms with Gasteiger partial charge in [0.05, 0.1) is 12.7 Å². The summed E-state index contributed by atoms with van der Waals surface area (Å²) >= 11 is 0. The summed E-state index contributed by atoms with van der Waals surface area (Å²) in [6.07, 6.45) is 1.15. The van der Waals surface area contributed by atoms with E-state index in [9.17, 15) is 14.7 Å². The number of nitrogens with zero attached hydrogens (tertiary/aromatic N) is 5. The van der Waals surface area contributed by atoms with Crippen LogP contribution in [0.1, 0.15) is 48.2 Å². The summed E-state index contributed by atoms with van der Waals surface area (Å²) in [5.74, 6) is 0.871. The fourth-order valence-electron chi connectivity index (χ4n) is 4.84. The second-order valence-corrected chi connectivity index (χ2v) is 9.85. The number of aromatic nitrogens is 4. The lowest BCUT2D eigenvalue weighted by Gasteiger charge is -2.36. The second kappa shape index (κ2) is 10.3. The number of aliphatic hydroxyl groups excluding tert-OH is 1. The van der Waals surface area contributed by atoms with Crippen molar-refractivity contribution in [1.82, 2.24) is 29.3 Å². The number of aliphatic hydroxyl groups is 1. The summed E-state index contributed by atoms with van der Waals surface area (Å²) in [4.78, 5) is 41.6. The molecule has 0 saturated carbocycles. The molecule has 2 aromatic carbocycles. The average Bonchev–Trinajstić information content (AvgIpc) is 3.22. The van der Waals surface area contributed by atoms with Crippen molar-refractivity contribution in [2.45, 2.75) is 39.5 Å². The highest BCUT2D eigenvalue weighted by atomic mass is 16.3. The first kappa shape index (κ1) is 24.9. The molecule has 0 radical (unpaired) electrons. The number of rotatable bonds is 6. The molecule has 1 amide bonds. The van der Waals surface area contributed by atoms with Gasteiger partial charge in [-0.2, -0.15) is 0 Å². The van der Waals surface area contributed by atoms with E-state index < -0.39 is 6.23 Å². The fraction of sp³-hybridized carbons (Fsp3) is 0.357. The van der Waals surface area contributed by atoms with Crippen molar-refractivity contribution in [3.8, 4) is 11.4 Å². The fourth-order valence-corrected chi connectivity index (χ4v) is 4.84. The van der Waals surface area contributed by atoms with Gasteiger partial charge in [-0.3, -0.25) is 14.3 Å². The van der Waals surface area contributed by atoms with Crippen LogP contribution in [0, 0.1) is 0 Å². The van der Waals surface area contributed by atoms with Gasteiger partial charge in [-0.05, 0) is 36.1 Å². The van der Waals surface area contributed by atoms with Crippen molar-refractivity contribution >= 4 is 17.1 Å². The molecule has 1 fully saturated rings. The number of carbonyl (C=O) groups excluding carboxylic acids is 1. The highest BCUT2D eigenvalue weighted by Gasteiger charge is 2.24. The van der Waals surface area contributed by atoms with E-state index >= 15 is 0 Å². The van der Waals surface area contributed by atoms with Crippen LogP contribution in [0.5, 0.6) is 0 Å². The highest BCUT2D eigenvalue weighted by Crippen LogP contribution is 2.27. The summed E-state index contributed by atoms with van der Waals surface area (Å²) in [7, 11) is 0. The minimum atomic E-state index is -0.504. The Morgan fingerprint density at radius 3 is 2.41 bits per heavy atom. The van der Waals surface area contributed by atoms with E-state index in [-0.39, 0.29) is 11.6 Å². The number of benzene rings is 2.